The van der Waals surface area contributed by atoms with Crippen LogP contribution in [0.2, 0.25) is 0 Å². The molecule has 2 fully saturated rings. The molecule has 1 aromatic carbocycles. The van der Waals surface area contributed by atoms with Crippen molar-refractivity contribution in [1.82, 2.24) is 19.7 Å². The first kappa shape index (κ1) is 17.3. The molecule has 1 atom stereocenters. The van der Waals surface area contributed by atoms with Crippen LogP contribution in [0.25, 0.3) is 11.4 Å². The number of hydrogen-bond donors (Lipinski definition) is 0. The first-order valence-corrected chi connectivity index (χ1v) is 9.84. The maximum atomic E-state index is 11.9. The molecule has 138 valence electrons. The average Bonchev–Trinajstić information content (AvgIpc) is 3.13. The second-order valence-corrected chi connectivity index (χ2v) is 8.06. The zero-order valence-electron chi connectivity index (χ0n) is 16.0. The first-order valence-electron chi connectivity index (χ1n) is 9.84. The molecule has 5 nitrogen and oxygen atoms in total. The van der Waals surface area contributed by atoms with Crippen LogP contribution in [0, 0.1) is 0 Å². The second kappa shape index (κ2) is 6.86. The van der Waals surface area contributed by atoms with E-state index in [1.54, 1.807) is 0 Å². The molecule has 1 saturated carbocycles. The number of nitrogens with zero attached hydrogens (tertiary/aromatic N) is 4. The summed E-state index contributed by atoms with van der Waals surface area (Å²) >= 11 is 0. The van der Waals surface area contributed by atoms with E-state index in [9.17, 15) is 4.79 Å². The number of carbonyl (C=O) groups excluding carboxylic acids is 1. The number of rotatable bonds is 5. The monoisotopic (exact) mass is 352 g/mol. The smallest absolute Gasteiger partial charge is 0.222 e. The van der Waals surface area contributed by atoms with Crippen LogP contribution in [0.3, 0.4) is 0 Å². The Hall–Kier alpha value is -2.17. The Morgan fingerprint density at radius 1 is 1.15 bits per heavy atom. The Morgan fingerprint density at radius 2 is 1.88 bits per heavy atom. The van der Waals surface area contributed by atoms with Crippen molar-refractivity contribution >= 4 is 5.91 Å². The molecular formula is C21H28N4O. The van der Waals surface area contributed by atoms with E-state index in [4.69, 9.17) is 10.1 Å². The summed E-state index contributed by atoms with van der Waals surface area (Å²) in [5.41, 5.74) is 2.41. The van der Waals surface area contributed by atoms with E-state index >= 15 is 0 Å². The van der Waals surface area contributed by atoms with Crippen LogP contribution in [0.4, 0.5) is 0 Å². The summed E-state index contributed by atoms with van der Waals surface area (Å²) < 4.78 is 2.14. The Bertz CT molecular complexity index is 789. The Labute approximate surface area is 155 Å². The maximum absolute atomic E-state index is 11.9. The van der Waals surface area contributed by atoms with Crippen LogP contribution in [0.5, 0.6) is 0 Å². The highest BCUT2D eigenvalue weighted by molar-refractivity contribution is 5.78. The molecule has 0 radical (unpaired) electrons. The van der Waals surface area contributed by atoms with Crippen LogP contribution in [-0.4, -0.2) is 38.7 Å². The topological polar surface area (TPSA) is 51.0 Å². The molecule has 1 aromatic heterocycles. The summed E-state index contributed by atoms with van der Waals surface area (Å²) in [7, 11) is 1.91. The molecule has 1 unspecified atom stereocenters. The number of amides is 1. The van der Waals surface area contributed by atoms with E-state index in [1.165, 1.54) is 24.8 Å². The molecule has 5 heteroatoms. The van der Waals surface area contributed by atoms with Gasteiger partial charge in [-0.15, -0.1) is 0 Å². The molecule has 0 spiro atoms. The Morgan fingerprint density at radius 3 is 2.42 bits per heavy atom. The van der Waals surface area contributed by atoms with E-state index in [0.717, 1.165) is 30.1 Å². The van der Waals surface area contributed by atoms with Gasteiger partial charge in [-0.3, -0.25) is 4.79 Å². The first-order chi connectivity index (χ1) is 12.5. The summed E-state index contributed by atoms with van der Waals surface area (Å²) in [4.78, 5) is 18.6. The number of benzene rings is 1. The summed E-state index contributed by atoms with van der Waals surface area (Å²) in [6.45, 7) is 4.41. The minimum absolute atomic E-state index is 0.245. The molecular weight excluding hydrogens is 324 g/mol. The van der Waals surface area contributed by atoms with Crippen LogP contribution in [-0.2, 0) is 11.2 Å². The molecule has 1 amide bonds. The highest BCUT2D eigenvalue weighted by Gasteiger charge is 2.31. The summed E-state index contributed by atoms with van der Waals surface area (Å²) in [6.07, 6.45) is 6.01. The van der Waals surface area contributed by atoms with Crippen LogP contribution >= 0.6 is 0 Å². The second-order valence-electron chi connectivity index (χ2n) is 8.06. The number of likely N-dealkylation sites (N-methyl/N-ethyl adjacent to an activating group) is 1. The predicted molar refractivity (Wildman–Crippen MR) is 102 cm³/mol. The highest BCUT2D eigenvalue weighted by atomic mass is 16.2. The van der Waals surface area contributed by atoms with Crippen molar-refractivity contribution < 1.29 is 4.79 Å². The standard InChI is InChI=1S/C21H28N4O/c1-14(2)15-7-9-16(10-8-15)21-22-19(25(23-21)17-5-4-6-17)13-18-11-12-20(26)24(18)3/h7-10,14,17-18H,4-6,11-13H2,1-3H3. The SMILES string of the molecule is CC(C)c1ccc(-c2nc(CC3CCC(=O)N3C)n(C3CCC3)n2)cc1. The van der Waals surface area contributed by atoms with Gasteiger partial charge in [0.1, 0.15) is 5.82 Å². The molecule has 2 heterocycles. The molecule has 2 aromatic rings. The van der Waals surface area contributed by atoms with Gasteiger partial charge in [0.25, 0.3) is 0 Å². The normalized spacial score (nSPS) is 20.8. The van der Waals surface area contributed by atoms with Crippen molar-refractivity contribution in [2.24, 2.45) is 0 Å². The third-order valence-electron chi connectivity index (χ3n) is 6.01. The zero-order valence-corrected chi connectivity index (χ0v) is 16.0. The zero-order chi connectivity index (χ0) is 18.3. The van der Waals surface area contributed by atoms with Gasteiger partial charge in [0, 0.05) is 31.5 Å². The van der Waals surface area contributed by atoms with Crippen molar-refractivity contribution in [3.05, 3.63) is 35.7 Å². The molecule has 1 aliphatic carbocycles. The fraction of sp³-hybridized carbons (Fsp3) is 0.571. The summed E-state index contributed by atoms with van der Waals surface area (Å²) in [5, 5.41) is 4.87. The van der Waals surface area contributed by atoms with Gasteiger partial charge >= 0.3 is 0 Å². The summed E-state index contributed by atoms with van der Waals surface area (Å²) in [6, 6.07) is 9.33. The molecule has 0 N–H and O–H groups in total. The van der Waals surface area contributed by atoms with Crippen LogP contribution < -0.4 is 0 Å². The van der Waals surface area contributed by atoms with Gasteiger partial charge in [0.15, 0.2) is 5.82 Å². The van der Waals surface area contributed by atoms with Crippen molar-refractivity contribution in [3.8, 4) is 11.4 Å². The van der Waals surface area contributed by atoms with Gasteiger partial charge < -0.3 is 4.90 Å². The van der Waals surface area contributed by atoms with Crippen molar-refractivity contribution in [2.45, 2.75) is 70.4 Å². The lowest BCUT2D eigenvalue weighted by atomic mass is 9.93. The highest BCUT2D eigenvalue weighted by Crippen LogP contribution is 2.34. The quantitative estimate of drug-likeness (QED) is 0.818. The van der Waals surface area contributed by atoms with Crippen molar-refractivity contribution in [3.63, 3.8) is 0 Å². The molecule has 4 rings (SSSR count). The predicted octanol–water partition coefficient (Wildman–Crippen LogP) is 3.96. The van der Waals surface area contributed by atoms with Gasteiger partial charge in [-0.25, -0.2) is 9.67 Å². The Balaban J connectivity index is 1.62. The average molecular weight is 352 g/mol. The number of carbonyl (C=O) groups is 1. The van der Waals surface area contributed by atoms with E-state index in [-0.39, 0.29) is 11.9 Å². The lowest BCUT2D eigenvalue weighted by molar-refractivity contribution is -0.127. The third-order valence-corrected chi connectivity index (χ3v) is 6.01. The summed E-state index contributed by atoms with van der Waals surface area (Å²) in [5.74, 6) is 2.61. The van der Waals surface area contributed by atoms with Crippen molar-refractivity contribution in [2.75, 3.05) is 7.05 Å². The molecule has 0 bridgehead atoms. The van der Waals surface area contributed by atoms with E-state index < -0.39 is 0 Å². The maximum Gasteiger partial charge on any atom is 0.222 e. The molecule has 1 saturated heterocycles. The van der Waals surface area contributed by atoms with E-state index in [0.29, 0.717) is 18.4 Å². The van der Waals surface area contributed by atoms with Gasteiger partial charge in [0.2, 0.25) is 5.91 Å². The van der Waals surface area contributed by atoms with Crippen LogP contribution in [0.1, 0.15) is 69.3 Å². The van der Waals surface area contributed by atoms with Gasteiger partial charge in [-0.05, 0) is 37.2 Å². The number of hydrogen-bond acceptors (Lipinski definition) is 3. The number of likely N-dealkylation sites (tertiary alicyclic amines) is 1. The minimum atomic E-state index is 0.245. The van der Waals surface area contributed by atoms with Gasteiger partial charge in [-0.1, -0.05) is 38.1 Å². The lowest BCUT2D eigenvalue weighted by Crippen LogP contribution is -2.32. The van der Waals surface area contributed by atoms with Crippen LogP contribution in [0.15, 0.2) is 24.3 Å². The van der Waals surface area contributed by atoms with Gasteiger partial charge in [0.05, 0.1) is 6.04 Å². The fourth-order valence-electron chi connectivity index (χ4n) is 3.87. The van der Waals surface area contributed by atoms with Gasteiger partial charge in [-0.2, -0.15) is 5.10 Å². The molecule has 2 aliphatic rings. The third kappa shape index (κ3) is 3.15. The lowest BCUT2D eigenvalue weighted by Gasteiger charge is -2.28. The minimum Gasteiger partial charge on any atom is -0.342 e. The largest absolute Gasteiger partial charge is 0.342 e. The molecule has 1 aliphatic heterocycles. The Kier molecular flexibility index (Phi) is 4.55. The molecule has 26 heavy (non-hydrogen) atoms. The van der Waals surface area contributed by atoms with E-state index in [2.05, 4.69) is 42.8 Å². The van der Waals surface area contributed by atoms with Crippen molar-refractivity contribution in [1.29, 1.82) is 0 Å². The van der Waals surface area contributed by atoms with E-state index in [1.807, 2.05) is 11.9 Å². The number of aromatic nitrogens is 3. The fourth-order valence-corrected chi connectivity index (χ4v) is 3.87.